The molecule has 2 aromatic carbocycles. The Kier molecular flexibility index (Phi) is 3.37. The van der Waals surface area contributed by atoms with Gasteiger partial charge >= 0.3 is 6.18 Å². The van der Waals surface area contributed by atoms with Crippen molar-refractivity contribution in [3.05, 3.63) is 65.2 Å². The summed E-state index contributed by atoms with van der Waals surface area (Å²) >= 11 is 0. The van der Waals surface area contributed by atoms with Crippen molar-refractivity contribution in [2.24, 2.45) is 0 Å². The lowest BCUT2D eigenvalue weighted by atomic mass is 10.1. The van der Waals surface area contributed by atoms with E-state index in [0.29, 0.717) is 12.1 Å². The fourth-order valence-corrected chi connectivity index (χ4v) is 2.71. The number of hydrogen-bond acceptors (Lipinski definition) is 2. The fraction of sp³-hybridized carbons (Fsp3) is 0.250. The number of alkyl halides is 3. The molecular formula is C16H14F3NO. The number of fused-ring (bicyclic) bond motifs is 1. The fourth-order valence-electron chi connectivity index (χ4n) is 2.71. The standard InChI is InChI=1S/C16H14F3NO/c17-16(18,19)11-5-3-6-12(9-11)20-15-13-7-2-1-4-10(13)8-14(15)21/h1-7,9,14-15,20-21H,8H2/t14-,15-/m0/s1. The van der Waals surface area contributed by atoms with Crippen molar-refractivity contribution < 1.29 is 18.3 Å². The first-order valence-corrected chi connectivity index (χ1v) is 6.65. The Morgan fingerprint density at radius 1 is 1.05 bits per heavy atom. The molecule has 21 heavy (non-hydrogen) atoms. The lowest BCUT2D eigenvalue weighted by Crippen LogP contribution is -2.21. The first kappa shape index (κ1) is 13.9. The minimum absolute atomic E-state index is 0.352. The number of aliphatic hydroxyl groups is 1. The molecule has 0 saturated heterocycles. The van der Waals surface area contributed by atoms with Gasteiger partial charge in [0.25, 0.3) is 0 Å². The molecule has 5 heteroatoms. The van der Waals surface area contributed by atoms with Crippen LogP contribution in [-0.4, -0.2) is 11.2 Å². The molecule has 0 radical (unpaired) electrons. The summed E-state index contributed by atoms with van der Waals surface area (Å²) in [5.74, 6) is 0. The second-order valence-electron chi connectivity index (χ2n) is 5.17. The van der Waals surface area contributed by atoms with Gasteiger partial charge in [-0.2, -0.15) is 13.2 Å². The van der Waals surface area contributed by atoms with Gasteiger partial charge in [0, 0.05) is 12.1 Å². The average Bonchev–Trinajstić information content (AvgIpc) is 2.75. The molecule has 2 atom stereocenters. The molecule has 0 aromatic heterocycles. The van der Waals surface area contributed by atoms with Crippen molar-refractivity contribution >= 4 is 5.69 Å². The maximum Gasteiger partial charge on any atom is 0.416 e. The molecule has 0 aliphatic heterocycles. The molecule has 0 unspecified atom stereocenters. The number of aliphatic hydroxyl groups excluding tert-OH is 1. The highest BCUT2D eigenvalue weighted by Gasteiger charge is 2.32. The minimum Gasteiger partial charge on any atom is -0.390 e. The zero-order valence-electron chi connectivity index (χ0n) is 11.1. The molecule has 2 N–H and O–H groups in total. The summed E-state index contributed by atoms with van der Waals surface area (Å²) in [7, 11) is 0. The average molecular weight is 293 g/mol. The van der Waals surface area contributed by atoms with E-state index in [2.05, 4.69) is 5.32 Å². The summed E-state index contributed by atoms with van der Waals surface area (Å²) in [5, 5.41) is 13.1. The van der Waals surface area contributed by atoms with Gasteiger partial charge in [0.1, 0.15) is 0 Å². The summed E-state index contributed by atoms with van der Waals surface area (Å²) in [6, 6.07) is 12.2. The highest BCUT2D eigenvalue weighted by Crippen LogP contribution is 2.36. The Bertz CT molecular complexity index is 654. The van der Waals surface area contributed by atoms with Crippen LogP contribution in [0.5, 0.6) is 0 Å². The van der Waals surface area contributed by atoms with Gasteiger partial charge in [-0.1, -0.05) is 30.3 Å². The number of hydrogen-bond donors (Lipinski definition) is 2. The van der Waals surface area contributed by atoms with E-state index >= 15 is 0 Å². The maximum absolute atomic E-state index is 12.7. The molecule has 0 spiro atoms. The van der Waals surface area contributed by atoms with Gasteiger partial charge in [-0.25, -0.2) is 0 Å². The van der Waals surface area contributed by atoms with Gasteiger partial charge in [-0.15, -0.1) is 0 Å². The van der Waals surface area contributed by atoms with Crippen molar-refractivity contribution in [3.63, 3.8) is 0 Å². The van der Waals surface area contributed by atoms with Crippen LogP contribution in [0.2, 0.25) is 0 Å². The Hall–Kier alpha value is -2.01. The molecule has 0 heterocycles. The van der Waals surface area contributed by atoms with Crippen LogP contribution >= 0.6 is 0 Å². The molecule has 110 valence electrons. The second-order valence-corrected chi connectivity index (χ2v) is 5.17. The molecule has 0 fully saturated rings. The van der Waals surface area contributed by atoms with Crippen LogP contribution in [0.15, 0.2) is 48.5 Å². The van der Waals surface area contributed by atoms with Gasteiger partial charge < -0.3 is 10.4 Å². The first-order chi connectivity index (χ1) is 9.95. The Morgan fingerprint density at radius 2 is 1.81 bits per heavy atom. The first-order valence-electron chi connectivity index (χ1n) is 6.65. The largest absolute Gasteiger partial charge is 0.416 e. The molecule has 0 amide bonds. The van der Waals surface area contributed by atoms with Crippen LogP contribution in [0.3, 0.4) is 0 Å². The Balaban J connectivity index is 1.88. The van der Waals surface area contributed by atoms with Gasteiger partial charge in [0.05, 0.1) is 17.7 Å². The number of anilines is 1. The van der Waals surface area contributed by atoms with Gasteiger partial charge in [-0.3, -0.25) is 0 Å². The monoisotopic (exact) mass is 293 g/mol. The van der Waals surface area contributed by atoms with E-state index < -0.39 is 17.8 Å². The van der Waals surface area contributed by atoms with Crippen molar-refractivity contribution in [2.75, 3.05) is 5.32 Å². The third kappa shape index (κ3) is 2.74. The second kappa shape index (κ2) is 5.07. The zero-order valence-corrected chi connectivity index (χ0v) is 11.1. The van der Waals surface area contributed by atoms with Crippen molar-refractivity contribution in [1.82, 2.24) is 0 Å². The Labute approximate surface area is 120 Å². The van der Waals surface area contributed by atoms with Crippen LogP contribution in [0.1, 0.15) is 22.7 Å². The minimum atomic E-state index is -4.37. The lowest BCUT2D eigenvalue weighted by molar-refractivity contribution is -0.137. The van der Waals surface area contributed by atoms with E-state index in [-0.39, 0.29) is 6.04 Å². The van der Waals surface area contributed by atoms with E-state index in [1.165, 1.54) is 6.07 Å². The molecule has 2 nitrogen and oxygen atoms in total. The molecule has 2 aromatic rings. The van der Waals surface area contributed by atoms with E-state index in [0.717, 1.165) is 23.3 Å². The quantitative estimate of drug-likeness (QED) is 0.883. The van der Waals surface area contributed by atoms with Crippen molar-refractivity contribution in [2.45, 2.75) is 24.7 Å². The van der Waals surface area contributed by atoms with Crippen LogP contribution in [0, 0.1) is 0 Å². The number of benzene rings is 2. The van der Waals surface area contributed by atoms with Crippen molar-refractivity contribution in [3.8, 4) is 0 Å². The molecule has 0 bridgehead atoms. The van der Waals surface area contributed by atoms with Gasteiger partial charge in [-0.05, 0) is 29.3 Å². The van der Waals surface area contributed by atoms with Gasteiger partial charge in [0.2, 0.25) is 0 Å². The molecule has 1 aliphatic carbocycles. The zero-order chi connectivity index (χ0) is 15.0. The summed E-state index contributed by atoms with van der Waals surface area (Å²) in [6.07, 6.45) is -4.51. The summed E-state index contributed by atoms with van der Waals surface area (Å²) in [4.78, 5) is 0. The topological polar surface area (TPSA) is 32.3 Å². The number of halogens is 3. The molecule has 1 aliphatic rings. The van der Waals surface area contributed by atoms with E-state index in [1.54, 1.807) is 6.07 Å². The smallest absolute Gasteiger partial charge is 0.390 e. The number of nitrogens with one attached hydrogen (secondary N) is 1. The third-order valence-corrected chi connectivity index (χ3v) is 3.72. The van der Waals surface area contributed by atoms with Gasteiger partial charge in [0.15, 0.2) is 0 Å². The predicted molar refractivity (Wildman–Crippen MR) is 74.0 cm³/mol. The molecule has 3 rings (SSSR count). The molecular weight excluding hydrogens is 279 g/mol. The summed E-state index contributed by atoms with van der Waals surface area (Å²) in [6.45, 7) is 0. The molecule has 0 saturated carbocycles. The number of rotatable bonds is 2. The van der Waals surface area contributed by atoms with Crippen molar-refractivity contribution in [1.29, 1.82) is 0 Å². The van der Waals surface area contributed by atoms with Crippen LogP contribution < -0.4 is 5.32 Å². The van der Waals surface area contributed by atoms with E-state index in [4.69, 9.17) is 0 Å². The predicted octanol–water partition coefficient (Wildman–Crippen LogP) is 3.78. The SMILES string of the molecule is O[C@H]1Cc2ccccc2[C@@H]1Nc1cccc(C(F)(F)F)c1. The van der Waals surface area contributed by atoms with Crippen LogP contribution in [0.25, 0.3) is 0 Å². The highest BCUT2D eigenvalue weighted by atomic mass is 19.4. The summed E-state index contributed by atoms with van der Waals surface area (Å²) < 4.78 is 38.2. The van der Waals surface area contributed by atoms with Crippen LogP contribution in [0.4, 0.5) is 18.9 Å². The maximum atomic E-state index is 12.7. The van der Waals surface area contributed by atoms with Crippen LogP contribution in [-0.2, 0) is 12.6 Å². The lowest BCUT2D eigenvalue weighted by Gasteiger charge is -2.20. The van der Waals surface area contributed by atoms with E-state index in [9.17, 15) is 18.3 Å². The Morgan fingerprint density at radius 3 is 2.57 bits per heavy atom. The van der Waals surface area contributed by atoms with E-state index in [1.807, 2.05) is 24.3 Å². The third-order valence-electron chi connectivity index (χ3n) is 3.72. The normalized spacial score (nSPS) is 21.1. The highest BCUT2D eigenvalue weighted by molar-refractivity contribution is 5.51. The summed E-state index contributed by atoms with van der Waals surface area (Å²) in [5.41, 5.74) is 1.61.